The lowest BCUT2D eigenvalue weighted by molar-refractivity contribution is -0.00514. The molecule has 31 heavy (non-hydrogen) atoms. The van der Waals surface area contributed by atoms with E-state index >= 15 is 0 Å². The van der Waals surface area contributed by atoms with Crippen LogP contribution in [0.25, 0.3) is 0 Å². The average Bonchev–Trinajstić information content (AvgIpc) is 2.72. The number of carbonyl (C=O) groups excluding carboxylic acids is 1. The van der Waals surface area contributed by atoms with Gasteiger partial charge in [0, 0.05) is 12.6 Å². The fourth-order valence-electron chi connectivity index (χ4n) is 3.78. The van der Waals surface area contributed by atoms with Crippen molar-refractivity contribution in [1.29, 1.82) is 0 Å². The molecule has 1 fully saturated rings. The van der Waals surface area contributed by atoms with Crippen LogP contribution < -0.4 is 9.47 Å². The zero-order valence-electron chi connectivity index (χ0n) is 18.5. The van der Waals surface area contributed by atoms with Gasteiger partial charge >= 0.3 is 5.97 Å². The molecule has 1 saturated heterocycles. The van der Waals surface area contributed by atoms with Crippen LogP contribution in [-0.4, -0.2) is 52.1 Å². The van der Waals surface area contributed by atoms with Gasteiger partial charge in [-0.15, -0.1) is 0 Å². The Morgan fingerprint density at radius 3 is 2.16 bits per heavy atom. The van der Waals surface area contributed by atoms with Crippen LogP contribution >= 0.6 is 0 Å². The van der Waals surface area contributed by atoms with E-state index in [4.69, 9.17) is 14.2 Å². The summed E-state index contributed by atoms with van der Waals surface area (Å²) in [6, 6.07) is 11.6. The van der Waals surface area contributed by atoms with E-state index in [1.54, 1.807) is 42.5 Å². The summed E-state index contributed by atoms with van der Waals surface area (Å²) in [4.78, 5) is 13.1. The molecule has 0 spiro atoms. The molecule has 0 bridgehead atoms. The van der Waals surface area contributed by atoms with Gasteiger partial charge in [-0.25, -0.2) is 13.2 Å². The highest BCUT2D eigenvalue weighted by atomic mass is 32.2. The maximum absolute atomic E-state index is 13.2. The molecule has 0 saturated carbocycles. The number of benzene rings is 2. The van der Waals surface area contributed by atoms with E-state index in [0.717, 1.165) is 5.56 Å². The zero-order valence-corrected chi connectivity index (χ0v) is 19.4. The fraction of sp³-hybridized carbons (Fsp3) is 0.435. The van der Waals surface area contributed by atoms with Crippen LogP contribution in [0.5, 0.6) is 11.5 Å². The Hall–Kier alpha value is -2.58. The molecule has 1 aliphatic heterocycles. The van der Waals surface area contributed by atoms with Crippen molar-refractivity contribution in [3.8, 4) is 11.5 Å². The highest BCUT2D eigenvalue weighted by Gasteiger charge is 2.40. The van der Waals surface area contributed by atoms with Crippen LogP contribution in [0.1, 0.15) is 36.2 Å². The molecule has 1 unspecified atom stereocenters. The topological polar surface area (TPSA) is 82.1 Å². The van der Waals surface area contributed by atoms with Crippen molar-refractivity contribution in [2.75, 3.05) is 27.3 Å². The SMILES string of the molecule is COc1cc(OC)cc(C(=O)OC2CN(S(=O)(=O)c3ccc(C)cc3)CC(C)(C)C2)c1. The van der Waals surface area contributed by atoms with Crippen LogP contribution in [0.4, 0.5) is 0 Å². The minimum Gasteiger partial charge on any atom is -0.497 e. The number of hydrogen-bond donors (Lipinski definition) is 0. The Bertz CT molecular complexity index is 1020. The molecule has 2 aromatic carbocycles. The molecule has 1 heterocycles. The normalized spacial score (nSPS) is 18.9. The Morgan fingerprint density at radius 2 is 1.61 bits per heavy atom. The molecule has 3 rings (SSSR count). The Labute approximate surface area is 184 Å². The molecule has 0 N–H and O–H groups in total. The molecule has 0 aromatic heterocycles. The first-order valence-corrected chi connectivity index (χ1v) is 11.5. The van der Waals surface area contributed by atoms with E-state index in [2.05, 4.69) is 0 Å². The molecule has 0 amide bonds. The van der Waals surface area contributed by atoms with Crippen LogP contribution in [0.15, 0.2) is 47.4 Å². The van der Waals surface area contributed by atoms with Gasteiger partial charge in [-0.05, 0) is 43.0 Å². The molecule has 0 radical (unpaired) electrons. The minimum atomic E-state index is -3.70. The van der Waals surface area contributed by atoms with Crippen molar-refractivity contribution in [3.05, 3.63) is 53.6 Å². The minimum absolute atomic E-state index is 0.104. The van der Waals surface area contributed by atoms with Gasteiger partial charge in [-0.1, -0.05) is 31.5 Å². The number of nitrogens with zero attached hydrogens (tertiary/aromatic N) is 1. The quantitative estimate of drug-likeness (QED) is 0.629. The molecular formula is C23H29NO6S. The first-order chi connectivity index (χ1) is 14.5. The second-order valence-electron chi connectivity index (χ2n) is 8.61. The van der Waals surface area contributed by atoms with Crippen LogP contribution in [0.3, 0.4) is 0 Å². The van der Waals surface area contributed by atoms with Crippen molar-refractivity contribution in [2.45, 2.75) is 38.2 Å². The van der Waals surface area contributed by atoms with E-state index in [0.29, 0.717) is 24.5 Å². The largest absolute Gasteiger partial charge is 0.497 e. The maximum Gasteiger partial charge on any atom is 0.338 e. The Kier molecular flexibility index (Phi) is 6.62. The smallest absolute Gasteiger partial charge is 0.338 e. The molecular weight excluding hydrogens is 418 g/mol. The van der Waals surface area contributed by atoms with Gasteiger partial charge in [-0.3, -0.25) is 0 Å². The van der Waals surface area contributed by atoms with Crippen molar-refractivity contribution < 1.29 is 27.4 Å². The van der Waals surface area contributed by atoms with Gasteiger partial charge < -0.3 is 14.2 Å². The fourth-order valence-corrected chi connectivity index (χ4v) is 5.44. The molecule has 1 aliphatic rings. The molecule has 0 aliphatic carbocycles. The number of sulfonamides is 1. The maximum atomic E-state index is 13.2. The number of carbonyl (C=O) groups is 1. The third-order valence-electron chi connectivity index (χ3n) is 5.31. The number of esters is 1. The third kappa shape index (κ3) is 5.37. The molecule has 168 valence electrons. The molecule has 2 aromatic rings. The van der Waals surface area contributed by atoms with E-state index in [-0.39, 0.29) is 22.4 Å². The summed E-state index contributed by atoms with van der Waals surface area (Å²) in [5.41, 5.74) is 0.915. The highest BCUT2D eigenvalue weighted by Crippen LogP contribution is 2.34. The Balaban J connectivity index is 1.82. The second-order valence-corrected chi connectivity index (χ2v) is 10.5. The predicted octanol–water partition coefficient (Wildman–Crippen LogP) is 3.66. The summed E-state index contributed by atoms with van der Waals surface area (Å²) >= 11 is 0. The van der Waals surface area contributed by atoms with Gasteiger partial charge in [-0.2, -0.15) is 4.31 Å². The van der Waals surface area contributed by atoms with Gasteiger partial charge in [0.05, 0.1) is 31.2 Å². The predicted molar refractivity (Wildman–Crippen MR) is 117 cm³/mol. The highest BCUT2D eigenvalue weighted by molar-refractivity contribution is 7.89. The molecule has 8 heteroatoms. The average molecular weight is 448 g/mol. The van der Waals surface area contributed by atoms with Crippen molar-refractivity contribution in [3.63, 3.8) is 0 Å². The lowest BCUT2D eigenvalue weighted by Crippen LogP contribution is -2.50. The number of rotatable bonds is 6. The summed E-state index contributed by atoms with van der Waals surface area (Å²) in [7, 11) is -0.700. The molecule has 1 atom stereocenters. The summed E-state index contributed by atoms with van der Waals surface area (Å²) in [5, 5.41) is 0. The van der Waals surface area contributed by atoms with E-state index in [1.165, 1.54) is 18.5 Å². The number of hydrogen-bond acceptors (Lipinski definition) is 6. The third-order valence-corrected chi connectivity index (χ3v) is 7.14. The Morgan fingerprint density at radius 1 is 1.03 bits per heavy atom. The van der Waals surface area contributed by atoms with Gasteiger partial charge in [0.15, 0.2) is 0 Å². The van der Waals surface area contributed by atoms with Gasteiger partial charge in [0.2, 0.25) is 10.0 Å². The summed E-state index contributed by atoms with van der Waals surface area (Å²) < 4.78 is 44.0. The summed E-state index contributed by atoms with van der Waals surface area (Å²) in [6.07, 6.45) is -0.0200. The number of ether oxygens (including phenoxy) is 3. The lowest BCUT2D eigenvalue weighted by Gasteiger charge is -2.41. The van der Waals surface area contributed by atoms with Crippen LogP contribution in [0.2, 0.25) is 0 Å². The summed E-state index contributed by atoms with van der Waals surface area (Å²) in [6.45, 7) is 6.30. The van der Waals surface area contributed by atoms with E-state index in [1.807, 2.05) is 20.8 Å². The first-order valence-electron chi connectivity index (χ1n) is 10.0. The molecule has 7 nitrogen and oxygen atoms in total. The van der Waals surface area contributed by atoms with Crippen LogP contribution in [0, 0.1) is 12.3 Å². The van der Waals surface area contributed by atoms with Gasteiger partial charge in [0.25, 0.3) is 0 Å². The summed E-state index contributed by atoms with van der Waals surface area (Å²) in [5.74, 6) is 0.394. The number of piperidine rings is 1. The second kappa shape index (κ2) is 8.88. The van der Waals surface area contributed by atoms with Crippen LogP contribution in [-0.2, 0) is 14.8 Å². The lowest BCUT2D eigenvalue weighted by atomic mass is 9.84. The van der Waals surface area contributed by atoms with E-state index < -0.39 is 22.1 Å². The monoisotopic (exact) mass is 447 g/mol. The van der Waals surface area contributed by atoms with Crippen molar-refractivity contribution in [1.82, 2.24) is 4.31 Å². The van der Waals surface area contributed by atoms with Crippen molar-refractivity contribution >= 4 is 16.0 Å². The number of aryl methyl sites for hydroxylation is 1. The zero-order chi connectivity index (χ0) is 22.8. The van der Waals surface area contributed by atoms with Crippen molar-refractivity contribution in [2.24, 2.45) is 5.41 Å². The number of methoxy groups -OCH3 is 2. The first kappa shape index (κ1) is 23.1. The van der Waals surface area contributed by atoms with Gasteiger partial charge in [0.1, 0.15) is 17.6 Å². The van der Waals surface area contributed by atoms with E-state index in [9.17, 15) is 13.2 Å². The standard InChI is InChI=1S/C23H29NO6S/c1-16-6-8-21(9-7-16)31(26,27)24-14-20(13-23(2,3)15-24)30-22(25)17-10-18(28-4)12-19(11-17)29-5/h6-12,20H,13-15H2,1-5H3.